The molecule has 1 fully saturated rings. The number of aromatic nitrogens is 1. The molecule has 0 bridgehead atoms. The summed E-state index contributed by atoms with van der Waals surface area (Å²) in [6.07, 6.45) is 1.11. The van der Waals surface area contributed by atoms with Crippen molar-refractivity contribution < 1.29 is 0 Å². The van der Waals surface area contributed by atoms with Crippen molar-refractivity contribution in [3.05, 3.63) is 15.6 Å². The van der Waals surface area contributed by atoms with Crippen molar-refractivity contribution in [3.63, 3.8) is 0 Å². The largest absolute Gasteiger partial charge is 0.306 e. The van der Waals surface area contributed by atoms with Crippen molar-refractivity contribution in [2.24, 2.45) is 5.92 Å². The topological polar surface area (TPSA) is 24.9 Å². The highest BCUT2D eigenvalue weighted by molar-refractivity contribution is 7.99. The number of rotatable bonds is 4. The summed E-state index contributed by atoms with van der Waals surface area (Å²) in [6.45, 7) is 10.2. The zero-order valence-electron chi connectivity index (χ0n) is 11.8. The molecule has 2 nitrogen and oxygen atoms in total. The molecule has 2 heterocycles. The third-order valence-corrected chi connectivity index (χ3v) is 5.66. The Labute approximate surface area is 119 Å². The van der Waals surface area contributed by atoms with E-state index in [1.54, 1.807) is 0 Å². The number of thiazole rings is 1. The average Bonchev–Trinajstić information content (AvgIpc) is 2.73. The predicted octanol–water partition coefficient (Wildman–Crippen LogP) is 3.84. The van der Waals surface area contributed by atoms with Crippen LogP contribution in [0.5, 0.6) is 0 Å². The minimum Gasteiger partial charge on any atom is -0.306 e. The van der Waals surface area contributed by atoms with Gasteiger partial charge in [0.15, 0.2) is 0 Å². The first-order valence-corrected chi connectivity index (χ1v) is 8.85. The Morgan fingerprint density at radius 2 is 2.11 bits per heavy atom. The van der Waals surface area contributed by atoms with Crippen LogP contribution in [0.25, 0.3) is 0 Å². The molecule has 1 aliphatic heterocycles. The van der Waals surface area contributed by atoms with Crippen LogP contribution in [0.4, 0.5) is 0 Å². The van der Waals surface area contributed by atoms with E-state index in [4.69, 9.17) is 4.98 Å². The lowest BCUT2D eigenvalue weighted by molar-refractivity contribution is 0.583. The molecule has 0 saturated carbocycles. The molecule has 0 aromatic carbocycles. The lowest BCUT2D eigenvalue weighted by Crippen LogP contribution is -2.30. The monoisotopic (exact) mass is 284 g/mol. The van der Waals surface area contributed by atoms with E-state index in [0.29, 0.717) is 17.9 Å². The van der Waals surface area contributed by atoms with E-state index in [9.17, 15) is 0 Å². The lowest BCUT2D eigenvalue weighted by atomic mass is 10.0. The number of thioether (sulfide) groups is 1. The molecule has 0 amide bonds. The van der Waals surface area contributed by atoms with Crippen LogP contribution in [0.2, 0.25) is 0 Å². The molecule has 0 spiro atoms. The van der Waals surface area contributed by atoms with E-state index in [-0.39, 0.29) is 0 Å². The molecule has 1 aromatic rings. The van der Waals surface area contributed by atoms with Crippen LogP contribution in [0.1, 0.15) is 55.2 Å². The van der Waals surface area contributed by atoms with Crippen molar-refractivity contribution >= 4 is 23.1 Å². The Hall–Kier alpha value is -0.0600. The van der Waals surface area contributed by atoms with Crippen LogP contribution < -0.4 is 5.32 Å². The summed E-state index contributed by atoms with van der Waals surface area (Å²) in [5.41, 5.74) is 1.34. The van der Waals surface area contributed by atoms with E-state index in [0.717, 1.165) is 13.0 Å². The fraction of sp³-hybridized carbons (Fsp3) is 0.786. The van der Waals surface area contributed by atoms with E-state index in [1.165, 1.54) is 27.1 Å². The Kier molecular flexibility index (Phi) is 5.10. The Balaban J connectivity index is 2.20. The highest BCUT2D eigenvalue weighted by atomic mass is 32.2. The standard InChI is InChI=1S/C14H24N2S2/c1-9(2)7-11-13(10(3)4)18-14(16-11)12-8-17-6-5-15-12/h9-10,12,15H,5-8H2,1-4H3. The first-order chi connectivity index (χ1) is 8.58. The normalized spacial score (nSPS) is 20.9. The molecule has 1 saturated heterocycles. The minimum atomic E-state index is 0.479. The minimum absolute atomic E-state index is 0.479. The summed E-state index contributed by atoms with van der Waals surface area (Å²) < 4.78 is 0. The first kappa shape index (κ1) is 14.4. The molecule has 1 N–H and O–H groups in total. The summed E-state index contributed by atoms with van der Waals surface area (Å²) in [4.78, 5) is 6.43. The van der Waals surface area contributed by atoms with Crippen LogP contribution in [0.3, 0.4) is 0 Å². The Morgan fingerprint density at radius 1 is 1.33 bits per heavy atom. The van der Waals surface area contributed by atoms with Crippen LogP contribution in [-0.2, 0) is 6.42 Å². The number of nitrogens with zero attached hydrogens (tertiary/aromatic N) is 1. The van der Waals surface area contributed by atoms with Gasteiger partial charge < -0.3 is 5.32 Å². The van der Waals surface area contributed by atoms with Gasteiger partial charge in [0.25, 0.3) is 0 Å². The van der Waals surface area contributed by atoms with Gasteiger partial charge in [-0.2, -0.15) is 11.8 Å². The van der Waals surface area contributed by atoms with Crippen molar-refractivity contribution in [3.8, 4) is 0 Å². The molecule has 0 radical (unpaired) electrons. The van der Waals surface area contributed by atoms with Gasteiger partial charge in [0.2, 0.25) is 0 Å². The molecular formula is C14H24N2S2. The van der Waals surface area contributed by atoms with Gasteiger partial charge >= 0.3 is 0 Å². The van der Waals surface area contributed by atoms with Crippen LogP contribution in [0.15, 0.2) is 0 Å². The second-order valence-corrected chi connectivity index (χ2v) is 7.91. The molecule has 4 heteroatoms. The van der Waals surface area contributed by atoms with Gasteiger partial charge in [-0.3, -0.25) is 0 Å². The van der Waals surface area contributed by atoms with Gasteiger partial charge in [-0.1, -0.05) is 27.7 Å². The maximum absolute atomic E-state index is 4.94. The van der Waals surface area contributed by atoms with E-state index >= 15 is 0 Å². The van der Waals surface area contributed by atoms with Crippen molar-refractivity contribution in [1.82, 2.24) is 10.3 Å². The number of hydrogen-bond donors (Lipinski definition) is 1. The molecule has 0 aliphatic carbocycles. The fourth-order valence-corrected chi connectivity index (χ4v) is 4.46. The molecule has 1 unspecified atom stereocenters. The highest BCUT2D eigenvalue weighted by Crippen LogP contribution is 2.33. The molecule has 1 atom stereocenters. The second kappa shape index (κ2) is 6.40. The SMILES string of the molecule is CC(C)Cc1nc(C2CSCCN2)sc1C(C)C. The summed E-state index contributed by atoms with van der Waals surface area (Å²) in [6, 6.07) is 0.479. The number of nitrogens with one attached hydrogen (secondary N) is 1. The smallest absolute Gasteiger partial charge is 0.111 e. The van der Waals surface area contributed by atoms with Gasteiger partial charge in [-0.15, -0.1) is 11.3 Å². The fourth-order valence-electron chi connectivity index (χ4n) is 2.24. The quantitative estimate of drug-likeness (QED) is 0.909. The molecular weight excluding hydrogens is 260 g/mol. The lowest BCUT2D eigenvalue weighted by Gasteiger charge is -2.20. The van der Waals surface area contributed by atoms with Gasteiger partial charge in [-0.05, 0) is 18.3 Å². The summed E-state index contributed by atoms with van der Waals surface area (Å²) in [5.74, 6) is 3.69. The van der Waals surface area contributed by atoms with Gasteiger partial charge in [0.1, 0.15) is 5.01 Å². The first-order valence-electron chi connectivity index (χ1n) is 6.88. The molecule has 1 aliphatic rings. The molecule has 1 aromatic heterocycles. The van der Waals surface area contributed by atoms with Crippen LogP contribution in [0, 0.1) is 5.92 Å². The summed E-state index contributed by atoms with van der Waals surface area (Å²) in [7, 11) is 0. The zero-order valence-corrected chi connectivity index (χ0v) is 13.5. The van der Waals surface area contributed by atoms with E-state index < -0.39 is 0 Å². The van der Waals surface area contributed by atoms with Crippen molar-refractivity contribution in [2.75, 3.05) is 18.1 Å². The third kappa shape index (κ3) is 3.49. The molecule has 18 heavy (non-hydrogen) atoms. The van der Waals surface area contributed by atoms with Crippen LogP contribution in [-0.4, -0.2) is 23.0 Å². The van der Waals surface area contributed by atoms with Crippen molar-refractivity contribution in [2.45, 2.75) is 46.1 Å². The molecule has 2 rings (SSSR count). The van der Waals surface area contributed by atoms with Gasteiger partial charge in [0.05, 0.1) is 11.7 Å². The van der Waals surface area contributed by atoms with Crippen LogP contribution >= 0.6 is 23.1 Å². The summed E-state index contributed by atoms with van der Waals surface area (Å²) in [5, 5.41) is 4.90. The van der Waals surface area contributed by atoms with E-state index in [2.05, 4.69) is 33.0 Å². The number of hydrogen-bond acceptors (Lipinski definition) is 4. The van der Waals surface area contributed by atoms with Crippen molar-refractivity contribution in [1.29, 1.82) is 0 Å². The predicted molar refractivity (Wildman–Crippen MR) is 82.8 cm³/mol. The van der Waals surface area contributed by atoms with Gasteiger partial charge in [-0.25, -0.2) is 4.98 Å². The third-order valence-electron chi connectivity index (χ3n) is 3.09. The highest BCUT2D eigenvalue weighted by Gasteiger charge is 2.22. The van der Waals surface area contributed by atoms with Gasteiger partial charge in [0, 0.05) is 22.9 Å². The Morgan fingerprint density at radius 3 is 2.67 bits per heavy atom. The average molecular weight is 284 g/mol. The molecule has 102 valence electrons. The second-order valence-electron chi connectivity index (χ2n) is 5.70. The zero-order chi connectivity index (χ0) is 13.1. The Bertz CT molecular complexity index is 379. The maximum atomic E-state index is 4.94. The summed E-state index contributed by atoms with van der Waals surface area (Å²) >= 11 is 3.97. The van der Waals surface area contributed by atoms with E-state index in [1.807, 2.05) is 23.1 Å². The maximum Gasteiger partial charge on any atom is 0.111 e.